The first kappa shape index (κ1) is 11.8. The number of aromatic nitrogens is 1. The minimum Gasteiger partial charge on any atom is -0.478 e. The highest BCUT2D eigenvalue weighted by atomic mass is 35.5. The molecule has 0 radical (unpaired) electrons. The quantitative estimate of drug-likeness (QED) is 0.804. The highest BCUT2D eigenvalue weighted by molar-refractivity contribution is 6.29. The van der Waals surface area contributed by atoms with Gasteiger partial charge in [0, 0.05) is 13.1 Å². The van der Waals surface area contributed by atoms with Crippen molar-refractivity contribution < 1.29 is 9.90 Å². The van der Waals surface area contributed by atoms with Gasteiger partial charge >= 0.3 is 5.97 Å². The van der Waals surface area contributed by atoms with Crippen molar-refractivity contribution >= 4 is 23.4 Å². The van der Waals surface area contributed by atoms with Crippen molar-refractivity contribution in [3.63, 3.8) is 0 Å². The third-order valence-corrected chi connectivity index (χ3v) is 2.35. The zero-order chi connectivity index (χ0) is 11.4. The van der Waals surface area contributed by atoms with Crippen LogP contribution >= 0.6 is 11.6 Å². The number of rotatable bonds is 4. The first-order chi connectivity index (χ1) is 7.10. The molecule has 0 aliphatic heterocycles. The Morgan fingerprint density at radius 3 is 2.53 bits per heavy atom. The van der Waals surface area contributed by atoms with Crippen molar-refractivity contribution in [3.05, 3.63) is 22.8 Å². The smallest absolute Gasteiger partial charge is 0.339 e. The SMILES string of the molecule is CCN(CC)c1nc(Cl)ccc1C(=O)O. The molecule has 82 valence electrons. The average Bonchev–Trinajstić information content (AvgIpc) is 2.19. The molecule has 15 heavy (non-hydrogen) atoms. The van der Waals surface area contributed by atoms with Crippen LogP contribution in [0.1, 0.15) is 24.2 Å². The summed E-state index contributed by atoms with van der Waals surface area (Å²) < 4.78 is 0. The fraction of sp³-hybridized carbons (Fsp3) is 0.400. The molecule has 1 rings (SSSR count). The van der Waals surface area contributed by atoms with Crippen molar-refractivity contribution in [1.29, 1.82) is 0 Å². The Bertz CT molecular complexity index is 364. The Kier molecular flexibility index (Phi) is 3.91. The van der Waals surface area contributed by atoms with E-state index in [1.807, 2.05) is 18.7 Å². The van der Waals surface area contributed by atoms with Crippen LogP contribution < -0.4 is 4.90 Å². The van der Waals surface area contributed by atoms with E-state index in [0.717, 1.165) is 0 Å². The van der Waals surface area contributed by atoms with Gasteiger partial charge in [0.05, 0.1) is 0 Å². The van der Waals surface area contributed by atoms with Gasteiger partial charge in [-0.1, -0.05) is 11.6 Å². The Morgan fingerprint density at radius 1 is 1.47 bits per heavy atom. The molecule has 0 aliphatic rings. The highest BCUT2D eigenvalue weighted by Crippen LogP contribution is 2.20. The summed E-state index contributed by atoms with van der Waals surface area (Å²) in [6, 6.07) is 2.96. The van der Waals surface area contributed by atoms with E-state index in [0.29, 0.717) is 24.1 Å². The number of carboxylic acid groups (broad SMARTS) is 1. The average molecular weight is 229 g/mol. The normalized spacial score (nSPS) is 10.1. The first-order valence-electron chi connectivity index (χ1n) is 4.74. The number of pyridine rings is 1. The lowest BCUT2D eigenvalue weighted by Crippen LogP contribution is -2.25. The van der Waals surface area contributed by atoms with E-state index < -0.39 is 5.97 Å². The van der Waals surface area contributed by atoms with Gasteiger partial charge in [-0.25, -0.2) is 9.78 Å². The molecule has 0 aliphatic carbocycles. The zero-order valence-electron chi connectivity index (χ0n) is 8.70. The number of anilines is 1. The maximum atomic E-state index is 11.0. The van der Waals surface area contributed by atoms with Crippen LogP contribution in [0.5, 0.6) is 0 Å². The summed E-state index contributed by atoms with van der Waals surface area (Å²) in [6.07, 6.45) is 0. The second-order valence-electron chi connectivity index (χ2n) is 2.98. The molecule has 1 heterocycles. The van der Waals surface area contributed by atoms with Crippen molar-refractivity contribution in [3.8, 4) is 0 Å². The van der Waals surface area contributed by atoms with E-state index in [1.165, 1.54) is 12.1 Å². The summed E-state index contributed by atoms with van der Waals surface area (Å²) in [5, 5.41) is 9.29. The molecule has 0 amide bonds. The number of carboxylic acids is 1. The van der Waals surface area contributed by atoms with Crippen LogP contribution in [0.2, 0.25) is 5.15 Å². The maximum Gasteiger partial charge on any atom is 0.339 e. The second-order valence-corrected chi connectivity index (χ2v) is 3.37. The van der Waals surface area contributed by atoms with Crippen LogP contribution in [0.4, 0.5) is 5.82 Å². The standard InChI is InChI=1S/C10H13ClN2O2/c1-3-13(4-2)9-7(10(14)15)5-6-8(11)12-9/h5-6H,3-4H2,1-2H3,(H,14,15). The molecule has 5 heteroatoms. The van der Waals surface area contributed by atoms with Crippen molar-refractivity contribution in [2.24, 2.45) is 0 Å². The molecule has 0 atom stereocenters. The summed E-state index contributed by atoms with van der Waals surface area (Å²) >= 11 is 5.75. The van der Waals surface area contributed by atoms with Crippen LogP contribution in [0.25, 0.3) is 0 Å². The molecule has 0 saturated carbocycles. The van der Waals surface area contributed by atoms with Gasteiger partial charge in [-0.3, -0.25) is 0 Å². The van der Waals surface area contributed by atoms with Gasteiger partial charge in [-0.05, 0) is 26.0 Å². The molecule has 1 aromatic heterocycles. The molecule has 0 bridgehead atoms. The molecule has 1 N–H and O–H groups in total. The van der Waals surface area contributed by atoms with Crippen LogP contribution in [-0.2, 0) is 0 Å². The summed E-state index contributed by atoms with van der Waals surface area (Å²) in [6.45, 7) is 5.28. The molecular weight excluding hydrogens is 216 g/mol. The molecule has 0 aromatic carbocycles. The summed E-state index contributed by atoms with van der Waals surface area (Å²) in [5.74, 6) is -0.555. The number of halogens is 1. The fourth-order valence-electron chi connectivity index (χ4n) is 1.36. The minimum atomic E-state index is -0.985. The van der Waals surface area contributed by atoms with Crippen molar-refractivity contribution in [1.82, 2.24) is 4.98 Å². The third-order valence-electron chi connectivity index (χ3n) is 2.13. The number of carbonyl (C=O) groups is 1. The Labute approximate surface area is 93.5 Å². The largest absolute Gasteiger partial charge is 0.478 e. The molecule has 1 aromatic rings. The Hall–Kier alpha value is -1.29. The summed E-state index contributed by atoms with van der Waals surface area (Å²) in [4.78, 5) is 16.9. The van der Waals surface area contributed by atoms with Crippen LogP contribution in [-0.4, -0.2) is 29.1 Å². The molecule has 0 saturated heterocycles. The van der Waals surface area contributed by atoms with Gasteiger partial charge in [0.1, 0.15) is 16.5 Å². The van der Waals surface area contributed by atoms with Gasteiger partial charge < -0.3 is 10.0 Å². The number of hydrogen-bond acceptors (Lipinski definition) is 3. The predicted molar refractivity (Wildman–Crippen MR) is 59.8 cm³/mol. The first-order valence-corrected chi connectivity index (χ1v) is 5.12. The van der Waals surface area contributed by atoms with E-state index in [9.17, 15) is 4.79 Å². The zero-order valence-corrected chi connectivity index (χ0v) is 9.45. The molecule has 0 fully saturated rings. The lowest BCUT2D eigenvalue weighted by molar-refractivity contribution is 0.0697. The van der Waals surface area contributed by atoms with Crippen LogP contribution in [0, 0.1) is 0 Å². The highest BCUT2D eigenvalue weighted by Gasteiger charge is 2.15. The lowest BCUT2D eigenvalue weighted by Gasteiger charge is -2.21. The molecule has 0 unspecified atom stereocenters. The van der Waals surface area contributed by atoms with Gasteiger partial charge in [-0.15, -0.1) is 0 Å². The molecule has 4 nitrogen and oxygen atoms in total. The van der Waals surface area contributed by atoms with E-state index >= 15 is 0 Å². The van der Waals surface area contributed by atoms with Gasteiger partial charge in [0.2, 0.25) is 0 Å². The Balaban J connectivity index is 3.22. The van der Waals surface area contributed by atoms with Gasteiger partial charge in [0.15, 0.2) is 0 Å². The number of nitrogens with zero attached hydrogens (tertiary/aromatic N) is 2. The summed E-state index contributed by atoms with van der Waals surface area (Å²) in [5.41, 5.74) is 0.183. The molecular formula is C10H13ClN2O2. The third kappa shape index (κ3) is 2.59. The fourth-order valence-corrected chi connectivity index (χ4v) is 1.50. The van der Waals surface area contributed by atoms with E-state index in [2.05, 4.69) is 4.98 Å². The lowest BCUT2D eigenvalue weighted by atomic mass is 10.2. The number of aromatic carboxylic acids is 1. The van der Waals surface area contributed by atoms with E-state index in [-0.39, 0.29) is 5.56 Å². The second kappa shape index (κ2) is 4.98. The van der Waals surface area contributed by atoms with Crippen LogP contribution in [0.15, 0.2) is 12.1 Å². The number of hydrogen-bond donors (Lipinski definition) is 1. The van der Waals surface area contributed by atoms with Crippen molar-refractivity contribution in [2.45, 2.75) is 13.8 Å². The van der Waals surface area contributed by atoms with Gasteiger partial charge in [0.25, 0.3) is 0 Å². The minimum absolute atomic E-state index is 0.183. The molecule has 0 spiro atoms. The topological polar surface area (TPSA) is 53.4 Å². The van der Waals surface area contributed by atoms with Crippen LogP contribution in [0.3, 0.4) is 0 Å². The predicted octanol–water partition coefficient (Wildman–Crippen LogP) is 2.28. The Morgan fingerprint density at radius 2 is 2.07 bits per heavy atom. The van der Waals surface area contributed by atoms with Gasteiger partial charge in [-0.2, -0.15) is 0 Å². The monoisotopic (exact) mass is 228 g/mol. The summed E-state index contributed by atoms with van der Waals surface area (Å²) in [7, 11) is 0. The maximum absolute atomic E-state index is 11.0. The van der Waals surface area contributed by atoms with E-state index in [1.54, 1.807) is 0 Å². The van der Waals surface area contributed by atoms with Crippen molar-refractivity contribution in [2.75, 3.05) is 18.0 Å². The van der Waals surface area contributed by atoms with E-state index in [4.69, 9.17) is 16.7 Å².